The Morgan fingerprint density at radius 3 is 0.774 bits per heavy atom. The van der Waals surface area contributed by atoms with E-state index in [1.807, 2.05) is 0 Å². The van der Waals surface area contributed by atoms with Crippen LogP contribution in [0.1, 0.15) is 180 Å². The molecule has 0 saturated heterocycles. The van der Waals surface area contributed by atoms with Crippen LogP contribution in [0.15, 0.2) is 0 Å². The normalized spacial score (nSPS) is 11.3. The Bertz CT molecular complexity index is 340. The largest absolute Gasteiger partial charge is 0.550 e. The highest BCUT2D eigenvalue weighted by Gasteiger charge is 1.96. The van der Waals surface area contributed by atoms with Crippen LogP contribution in [0.4, 0.5) is 0 Å². The summed E-state index contributed by atoms with van der Waals surface area (Å²) in [6, 6.07) is 0. The molecule has 0 fully saturated rings. The second-order valence-electron chi connectivity index (χ2n) is 9.96. The van der Waals surface area contributed by atoms with Gasteiger partial charge in [0.1, 0.15) is 0 Å². The molecule has 0 aliphatic rings. The summed E-state index contributed by atoms with van der Waals surface area (Å²) in [5.74, 6) is -0.899. The molecule has 0 radical (unpaired) electrons. The van der Waals surface area contributed by atoms with E-state index in [4.69, 9.17) is 0 Å². The van der Waals surface area contributed by atoms with Crippen LogP contribution in [0.3, 0.4) is 0 Å². The second-order valence-corrected chi connectivity index (χ2v) is 9.96. The number of rotatable bonds is 27. The SMILES string of the molecule is CCCCCCCCCCCCCCCCCCCCCCCCCCCCC(=O)[O-]. The summed E-state index contributed by atoms with van der Waals surface area (Å²) in [5, 5.41) is 10.3. The number of carboxylic acids is 1. The van der Waals surface area contributed by atoms with Crippen molar-refractivity contribution >= 4 is 5.97 Å². The minimum Gasteiger partial charge on any atom is -0.550 e. The molecule has 0 N–H and O–H groups in total. The molecule has 0 unspecified atom stereocenters. The molecule has 0 aromatic carbocycles. The minimum absolute atomic E-state index is 0.235. The van der Waals surface area contributed by atoms with Crippen molar-refractivity contribution in [3.63, 3.8) is 0 Å². The number of carbonyl (C=O) groups is 1. The van der Waals surface area contributed by atoms with Crippen LogP contribution in [0.25, 0.3) is 0 Å². The zero-order valence-electron chi connectivity index (χ0n) is 21.4. The number of hydrogen-bond acceptors (Lipinski definition) is 2. The Morgan fingerprint density at radius 1 is 0.387 bits per heavy atom. The van der Waals surface area contributed by atoms with Crippen LogP contribution >= 0.6 is 0 Å². The van der Waals surface area contributed by atoms with Gasteiger partial charge in [0.05, 0.1) is 0 Å². The average Bonchev–Trinajstić information content (AvgIpc) is 2.76. The number of hydrogen-bond donors (Lipinski definition) is 0. The van der Waals surface area contributed by atoms with Gasteiger partial charge in [-0.1, -0.05) is 167 Å². The lowest BCUT2D eigenvalue weighted by Gasteiger charge is -2.04. The van der Waals surface area contributed by atoms with E-state index in [0.717, 1.165) is 12.8 Å². The van der Waals surface area contributed by atoms with E-state index in [2.05, 4.69) is 6.92 Å². The van der Waals surface area contributed by atoms with Crippen molar-refractivity contribution in [1.29, 1.82) is 0 Å². The van der Waals surface area contributed by atoms with Crippen molar-refractivity contribution in [2.45, 2.75) is 180 Å². The molecule has 0 atom stereocenters. The van der Waals surface area contributed by atoms with Gasteiger partial charge in [0.2, 0.25) is 0 Å². The molecule has 0 spiro atoms. The summed E-state index contributed by atoms with van der Waals surface area (Å²) < 4.78 is 0. The first kappa shape index (κ1) is 30.5. The van der Waals surface area contributed by atoms with Gasteiger partial charge in [-0.3, -0.25) is 0 Å². The molecule has 186 valence electrons. The smallest absolute Gasteiger partial charge is 0.0414 e. The fourth-order valence-corrected chi connectivity index (χ4v) is 4.59. The van der Waals surface area contributed by atoms with Gasteiger partial charge in [0, 0.05) is 5.97 Å². The predicted molar refractivity (Wildman–Crippen MR) is 135 cm³/mol. The van der Waals surface area contributed by atoms with Gasteiger partial charge in [-0.25, -0.2) is 0 Å². The second kappa shape index (κ2) is 27.5. The molecular weight excluding hydrogens is 380 g/mol. The number of carbonyl (C=O) groups excluding carboxylic acids is 1. The fourth-order valence-electron chi connectivity index (χ4n) is 4.59. The molecule has 0 aromatic rings. The third-order valence-corrected chi connectivity index (χ3v) is 6.73. The molecule has 0 heterocycles. The van der Waals surface area contributed by atoms with Crippen LogP contribution in [-0.4, -0.2) is 5.97 Å². The Labute approximate surface area is 196 Å². The third kappa shape index (κ3) is 29.5. The average molecular weight is 438 g/mol. The molecule has 0 aliphatic heterocycles. The highest BCUT2D eigenvalue weighted by atomic mass is 16.4. The number of unbranched alkanes of at least 4 members (excludes halogenated alkanes) is 25. The highest BCUT2D eigenvalue weighted by Crippen LogP contribution is 2.16. The van der Waals surface area contributed by atoms with Crippen molar-refractivity contribution in [3.05, 3.63) is 0 Å². The summed E-state index contributed by atoms with van der Waals surface area (Å²) in [7, 11) is 0. The zero-order chi connectivity index (χ0) is 22.7. The van der Waals surface area contributed by atoms with Crippen LogP contribution in [0.2, 0.25) is 0 Å². The van der Waals surface area contributed by atoms with Crippen LogP contribution in [0.5, 0.6) is 0 Å². The summed E-state index contributed by atoms with van der Waals surface area (Å²) in [6.45, 7) is 2.29. The van der Waals surface area contributed by atoms with E-state index in [0.29, 0.717) is 0 Å². The van der Waals surface area contributed by atoms with Gasteiger partial charge in [0.25, 0.3) is 0 Å². The molecule has 0 saturated carbocycles. The number of carboxylic acid groups (broad SMARTS) is 1. The number of aliphatic carboxylic acids is 1. The van der Waals surface area contributed by atoms with Gasteiger partial charge in [0.15, 0.2) is 0 Å². The van der Waals surface area contributed by atoms with Gasteiger partial charge in [-0.05, 0) is 12.8 Å². The molecule has 2 heteroatoms. The van der Waals surface area contributed by atoms with E-state index in [-0.39, 0.29) is 6.42 Å². The first-order valence-corrected chi connectivity index (χ1v) is 14.5. The van der Waals surface area contributed by atoms with Crippen LogP contribution in [-0.2, 0) is 4.79 Å². The van der Waals surface area contributed by atoms with Crippen molar-refractivity contribution in [1.82, 2.24) is 0 Å². The summed E-state index contributed by atoms with van der Waals surface area (Å²) >= 11 is 0. The first-order valence-electron chi connectivity index (χ1n) is 14.5. The van der Waals surface area contributed by atoms with Crippen molar-refractivity contribution in [2.24, 2.45) is 0 Å². The van der Waals surface area contributed by atoms with E-state index in [1.165, 1.54) is 154 Å². The molecule has 0 rings (SSSR count). The van der Waals surface area contributed by atoms with Gasteiger partial charge < -0.3 is 9.90 Å². The standard InChI is InChI=1S/C29H58O2/c1-2-3-4-5-6-7-8-9-10-11-12-13-14-15-16-17-18-19-20-21-22-23-24-25-26-27-28-29(30)31/h2-28H2,1H3,(H,30,31)/p-1. The summed E-state index contributed by atoms with van der Waals surface area (Å²) in [6.07, 6.45) is 36.1. The maximum Gasteiger partial charge on any atom is 0.0414 e. The van der Waals surface area contributed by atoms with Crippen molar-refractivity contribution in [2.75, 3.05) is 0 Å². The lowest BCUT2D eigenvalue weighted by molar-refractivity contribution is -0.305. The highest BCUT2D eigenvalue weighted by molar-refractivity contribution is 5.63. The quantitative estimate of drug-likeness (QED) is 0.120. The minimum atomic E-state index is -0.899. The molecule has 2 nitrogen and oxygen atoms in total. The predicted octanol–water partition coefficient (Wildman–Crippen LogP) is 9.29. The van der Waals surface area contributed by atoms with Gasteiger partial charge in [-0.15, -0.1) is 0 Å². The van der Waals surface area contributed by atoms with Crippen molar-refractivity contribution < 1.29 is 9.90 Å². The molecule has 0 aromatic heterocycles. The fraction of sp³-hybridized carbons (Fsp3) is 0.966. The lowest BCUT2D eigenvalue weighted by atomic mass is 10.0. The first-order chi connectivity index (χ1) is 15.3. The van der Waals surface area contributed by atoms with E-state index in [1.54, 1.807) is 0 Å². The molecular formula is C29H57O2-. The Hall–Kier alpha value is -0.530. The van der Waals surface area contributed by atoms with Crippen LogP contribution in [0, 0.1) is 0 Å². The van der Waals surface area contributed by atoms with E-state index in [9.17, 15) is 9.90 Å². The van der Waals surface area contributed by atoms with E-state index >= 15 is 0 Å². The zero-order valence-corrected chi connectivity index (χ0v) is 21.4. The molecule has 0 aliphatic carbocycles. The lowest BCUT2D eigenvalue weighted by Crippen LogP contribution is -2.21. The summed E-state index contributed by atoms with van der Waals surface area (Å²) in [5.41, 5.74) is 0. The maximum atomic E-state index is 10.3. The summed E-state index contributed by atoms with van der Waals surface area (Å²) in [4.78, 5) is 10.3. The van der Waals surface area contributed by atoms with Gasteiger partial charge in [-0.2, -0.15) is 0 Å². The maximum absolute atomic E-state index is 10.3. The van der Waals surface area contributed by atoms with E-state index < -0.39 is 5.97 Å². The topological polar surface area (TPSA) is 40.1 Å². The van der Waals surface area contributed by atoms with Crippen molar-refractivity contribution in [3.8, 4) is 0 Å². The molecule has 0 bridgehead atoms. The van der Waals surface area contributed by atoms with Crippen LogP contribution < -0.4 is 5.11 Å². The Balaban J connectivity index is 3.00. The Kier molecular flexibility index (Phi) is 27.0. The molecule has 0 amide bonds. The molecule has 31 heavy (non-hydrogen) atoms. The monoisotopic (exact) mass is 437 g/mol. The Morgan fingerprint density at radius 2 is 0.581 bits per heavy atom. The third-order valence-electron chi connectivity index (χ3n) is 6.73. The van der Waals surface area contributed by atoms with Gasteiger partial charge >= 0.3 is 0 Å².